The Balaban J connectivity index is 2.06. The van der Waals surface area contributed by atoms with Crippen LogP contribution in [-0.4, -0.2) is 43.8 Å². The molecule has 10 heteroatoms. The Morgan fingerprint density at radius 3 is 2.23 bits per heavy atom. The highest BCUT2D eigenvalue weighted by molar-refractivity contribution is 9.10. The van der Waals surface area contributed by atoms with Gasteiger partial charge in [0.1, 0.15) is 12.6 Å². The number of aryl methyl sites for hydroxylation is 2. The van der Waals surface area contributed by atoms with E-state index in [1.54, 1.807) is 31.2 Å². The summed E-state index contributed by atoms with van der Waals surface area (Å²) in [4.78, 5) is 28.3. The Kier molecular flexibility index (Phi) is 10.2. The smallest absolute Gasteiger partial charge is 0.264 e. The number of sulfonamides is 1. The molecule has 0 spiro atoms. The zero-order valence-corrected chi connectivity index (χ0v) is 25.8. The minimum Gasteiger partial charge on any atom is -0.352 e. The van der Waals surface area contributed by atoms with E-state index in [9.17, 15) is 18.0 Å². The van der Waals surface area contributed by atoms with Crippen LogP contribution in [0.5, 0.6) is 0 Å². The van der Waals surface area contributed by atoms with Crippen molar-refractivity contribution in [3.8, 4) is 0 Å². The van der Waals surface area contributed by atoms with Crippen LogP contribution < -0.4 is 9.62 Å². The van der Waals surface area contributed by atoms with E-state index in [-0.39, 0.29) is 29.1 Å². The third kappa shape index (κ3) is 7.84. The molecule has 0 aliphatic heterocycles. The number of anilines is 1. The fourth-order valence-corrected chi connectivity index (χ4v) is 5.95. The molecule has 3 rings (SSSR count). The Labute approximate surface area is 244 Å². The minimum atomic E-state index is -4.15. The molecule has 0 saturated carbocycles. The number of nitrogens with zero attached hydrogens (tertiary/aromatic N) is 2. The highest BCUT2D eigenvalue weighted by atomic mass is 79.9. The number of benzene rings is 3. The molecule has 208 valence electrons. The maximum atomic E-state index is 13.9. The van der Waals surface area contributed by atoms with Gasteiger partial charge in [0.25, 0.3) is 10.0 Å². The van der Waals surface area contributed by atoms with Crippen LogP contribution in [0.3, 0.4) is 0 Å². The van der Waals surface area contributed by atoms with Gasteiger partial charge in [-0.25, -0.2) is 8.42 Å². The maximum Gasteiger partial charge on any atom is 0.264 e. The van der Waals surface area contributed by atoms with Crippen molar-refractivity contribution >= 4 is 55.1 Å². The van der Waals surface area contributed by atoms with Crippen molar-refractivity contribution in [2.45, 2.75) is 58.1 Å². The van der Waals surface area contributed by atoms with Crippen LogP contribution >= 0.6 is 27.5 Å². The van der Waals surface area contributed by atoms with Crippen molar-refractivity contribution in [1.29, 1.82) is 0 Å². The topological polar surface area (TPSA) is 86.8 Å². The van der Waals surface area contributed by atoms with Crippen LogP contribution in [0, 0.1) is 13.8 Å². The van der Waals surface area contributed by atoms with E-state index in [0.717, 1.165) is 25.5 Å². The van der Waals surface area contributed by atoms with Crippen molar-refractivity contribution < 1.29 is 18.0 Å². The van der Waals surface area contributed by atoms with Crippen LogP contribution in [0.15, 0.2) is 76.1 Å². The summed E-state index contributed by atoms with van der Waals surface area (Å²) in [5, 5.41) is 3.22. The first-order chi connectivity index (χ1) is 18.3. The van der Waals surface area contributed by atoms with Crippen LogP contribution in [0.2, 0.25) is 5.02 Å². The van der Waals surface area contributed by atoms with Crippen LogP contribution in [0.4, 0.5) is 5.69 Å². The van der Waals surface area contributed by atoms with Crippen molar-refractivity contribution in [1.82, 2.24) is 10.2 Å². The van der Waals surface area contributed by atoms with E-state index in [1.165, 1.54) is 23.1 Å². The molecule has 0 aliphatic carbocycles. The van der Waals surface area contributed by atoms with Crippen molar-refractivity contribution in [3.63, 3.8) is 0 Å². The van der Waals surface area contributed by atoms with Gasteiger partial charge < -0.3 is 10.2 Å². The first-order valence-corrected chi connectivity index (χ1v) is 15.1. The minimum absolute atomic E-state index is 0.0433. The van der Waals surface area contributed by atoms with E-state index in [0.29, 0.717) is 5.02 Å². The highest BCUT2D eigenvalue weighted by Gasteiger charge is 2.33. The molecule has 1 atom stereocenters. The average Bonchev–Trinajstić information content (AvgIpc) is 2.87. The SMILES string of the molecule is Cc1ccc(S(=O)(=O)N(CC(=O)N(Cc2cccc(Br)c2)[C@H](C)C(=O)NC(C)C)c2ccc(C)c(Cl)c2)cc1. The molecule has 0 fully saturated rings. The summed E-state index contributed by atoms with van der Waals surface area (Å²) in [7, 11) is -4.15. The van der Waals surface area contributed by atoms with Gasteiger partial charge in [0.15, 0.2) is 0 Å². The monoisotopic (exact) mass is 633 g/mol. The van der Waals surface area contributed by atoms with Crippen LogP contribution in [0.25, 0.3) is 0 Å². The van der Waals surface area contributed by atoms with Crippen LogP contribution in [-0.2, 0) is 26.2 Å². The van der Waals surface area contributed by atoms with Gasteiger partial charge >= 0.3 is 0 Å². The molecular weight excluding hydrogens is 602 g/mol. The van der Waals surface area contributed by atoms with Gasteiger partial charge in [-0.1, -0.05) is 63.4 Å². The van der Waals surface area contributed by atoms with Gasteiger partial charge in [0.05, 0.1) is 10.6 Å². The third-order valence-electron chi connectivity index (χ3n) is 6.17. The molecule has 0 aromatic heterocycles. The molecule has 0 aliphatic rings. The summed E-state index contributed by atoms with van der Waals surface area (Å²) >= 11 is 9.81. The Morgan fingerprint density at radius 1 is 0.974 bits per heavy atom. The summed E-state index contributed by atoms with van der Waals surface area (Å²) in [6, 6.07) is 17.7. The highest BCUT2D eigenvalue weighted by Crippen LogP contribution is 2.29. The summed E-state index contributed by atoms with van der Waals surface area (Å²) in [6.07, 6.45) is 0. The summed E-state index contributed by atoms with van der Waals surface area (Å²) in [6.45, 7) is 8.56. The molecule has 2 amide bonds. The molecule has 0 unspecified atom stereocenters. The van der Waals surface area contributed by atoms with Gasteiger partial charge in [0.2, 0.25) is 11.8 Å². The molecule has 39 heavy (non-hydrogen) atoms. The van der Waals surface area contributed by atoms with Gasteiger partial charge in [-0.05, 0) is 82.1 Å². The van der Waals surface area contributed by atoms with E-state index in [1.807, 2.05) is 52.0 Å². The largest absolute Gasteiger partial charge is 0.352 e. The van der Waals surface area contributed by atoms with E-state index >= 15 is 0 Å². The number of nitrogens with one attached hydrogen (secondary N) is 1. The lowest BCUT2D eigenvalue weighted by molar-refractivity contribution is -0.139. The number of carbonyl (C=O) groups excluding carboxylic acids is 2. The second kappa shape index (κ2) is 13.0. The fourth-order valence-electron chi connectivity index (χ4n) is 3.92. The first kappa shape index (κ1) is 30.7. The Morgan fingerprint density at radius 2 is 1.64 bits per heavy atom. The second-order valence-corrected chi connectivity index (χ2v) is 12.9. The molecule has 3 aromatic carbocycles. The molecular formula is C29H33BrClN3O4S. The Hall–Kier alpha value is -2.88. The van der Waals surface area contributed by atoms with E-state index in [4.69, 9.17) is 11.6 Å². The molecule has 7 nitrogen and oxygen atoms in total. The predicted octanol–water partition coefficient (Wildman–Crippen LogP) is 5.86. The molecule has 0 heterocycles. The molecule has 1 N–H and O–H groups in total. The van der Waals surface area contributed by atoms with Gasteiger partial charge in [0, 0.05) is 22.1 Å². The van der Waals surface area contributed by atoms with Crippen molar-refractivity contribution in [2.24, 2.45) is 0 Å². The number of hydrogen-bond acceptors (Lipinski definition) is 4. The second-order valence-electron chi connectivity index (χ2n) is 9.75. The number of carbonyl (C=O) groups is 2. The zero-order valence-electron chi connectivity index (χ0n) is 22.6. The van der Waals surface area contributed by atoms with E-state index in [2.05, 4.69) is 21.2 Å². The molecule has 0 saturated heterocycles. The third-order valence-corrected chi connectivity index (χ3v) is 8.86. The molecule has 0 radical (unpaired) electrons. The Bertz CT molecular complexity index is 1450. The van der Waals surface area contributed by atoms with E-state index < -0.39 is 28.5 Å². The van der Waals surface area contributed by atoms with Gasteiger partial charge in [-0.15, -0.1) is 0 Å². The molecule has 0 bridgehead atoms. The number of amides is 2. The number of halogens is 2. The van der Waals surface area contributed by atoms with Gasteiger partial charge in [-0.3, -0.25) is 13.9 Å². The number of hydrogen-bond donors (Lipinski definition) is 1. The lowest BCUT2D eigenvalue weighted by atomic mass is 10.1. The standard InChI is InChI=1S/C29H33BrClN3O4S/c1-19(2)32-29(36)22(5)33(17-23-7-6-8-24(30)15-23)28(35)18-34(25-12-11-21(4)27(31)16-25)39(37,38)26-13-9-20(3)10-14-26/h6-16,19,22H,17-18H2,1-5H3,(H,32,36)/t22-/m1/s1. The quantitative estimate of drug-likeness (QED) is 0.303. The van der Waals surface area contributed by atoms with Crippen molar-refractivity contribution in [3.05, 3.63) is 92.9 Å². The van der Waals surface area contributed by atoms with Crippen molar-refractivity contribution in [2.75, 3.05) is 10.8 Å². The zero-order chi connectivity index (χ0) is 28.9. The lowest BCUT2D eigenvalue weighted by Gasteiger charge is -2.32. The normalized spacial score (nSPS) is 12.2. The summed E-state index contributed by atoms with van der Waals surface area (Å²) in [5.74, 6) is -0.867. The molecule has 3 aromatic rings. The predicted molar refractivity (Wildman–Crippen MR) is 159 cm³/mol. The summed E-state index contributed by atoms with van der Waals surface area (Å²) < 4.78 is 29.6. The van der Waals surface area contributed by atoms with Crippen LogP contribution in [0.1, 0.15) is 37.5 Å². The summed E-state index contributed by atoms with van der Waals surface area (Å²) in [5.41, 5.74) is 2.71. The lowest BCUT2D eigenvalue weighted by Crippen LogP contribution is -2.52. The first-order valence-electron chi connectivity index (χ1n) is 12.5. The fraction of sp³-hybridized carbons (Fsp3) is 0.310. The average molecular weight is 635 g/mol. The van der Waals surface area contributed by atoms with Gasteiger partial charge in [-0.2, -0.15) is 0 Å². The number of rotatable bonds is 10. The maximum absolute atomic E-state index is 13.9.